The molecule has 0 bridgehead atoms. The van der Waals surface area contributed by atoms with Gasteiger partial charge in [0.05, 0.1) is 10.7 Å². The van der Waals surface area contributed by atoms with Gasteiger partial charge in [0.15, 0.2) is 0 Å². The minimum atomic E-state index is -0.900. The average Bonchev–Trinajstić information content (AvgIpc) is 2.32. The van der Waals surface area contributed by atoms with E-state index >= 15 is 0 Å². The van der Waals surface area contributed by atoms with Gasteiger partial charge in [0, 0.05) is 4.47 Å². The molecule has 0 aliphatic carbocycles. The van der Waals surface area contributed by atoms with Crippen molar-refractivity contribution in [2.75, 3.05) is 4.90 Å². The highest BCUT2D eigenvalue weighted by Gasteiger charge is 2.43. The minimum absolute atomic E-state index is 0.218. The fraction of sp³-hybridized carbons (Fsp3) is 0.308. The molecule has 1 fully saturated rings. The average molecular weight is 360 g/mol. The molecule has 1 N–H and O–H groups in total. The van der Waals surface area contributed by atoms with Crippen LogP contribution in [0.4, 0.5) is 10.5 Å². The van der Waals surface area contributed by atoms with Gasteiger partial charge in [-0.3, -0.25) is 14.9 Å². The second-order valence-corrected chi connectivity index (χ2v) is 6.11. The number of nitrogens with one attached hydrogen (secondary N) is 1. The molecule has 1 unspecified atom stereocenters. The fourth-order valence-corrected chi connectivity index (χ4v) is 2.61. The molecule has 0 aromatic heterocycles. The van der Waals surface area contributed by atoms with Crippen molar-refractivity contribution in [2.45, 2.75) is 13.8 Å². The van der Waals surface area contributed by atoms with Crippen LogP contribution in [-0.4, -0.2) is 17.8 Å². The quantitative estimate of drug-likeness (QED) is 0.826. The van der Waals surface area contributed by atoms with Crippen molar-refractivity contribution in [3.05, 3.63) is 27.7 Å². The smallest absolute Gasteiger partial charge is 0.277 e. The number of carbonyl (C=O) groups excluding carboxylic acids is 3. The first-order valence-corrected chi connectivity index (χ1v) is 7.14. The number of benzene rings is 1. The number of anilines is 1. The molecule has 1 saturated heterocycles. The first-order valence-electron chi connectivity index (χ1n) is 5.96. The molecule has 1 aromatic carbocycles. The van der Waals surface area contributed by atoms with Crippen molar-refractivity contribution in [1.29, 1.82) is 0 Å². The maximum atomic E-state index is 12.4. The van der Waals surface area contributed by atoms with Gasteiger partial charge < -0.3 is 0 Å². The largest absolute Gasteiger partial charge is 0.335 e. The number of hydrogen-bond acceptors (Lipinski definition) is 3. The van der Waals surface area contributed by atoms with Gasteiger partial charge in [0.25, 0.3) is 0 Å². The van der Waals surface area contributed by atoms with Crippen LogP contribution in [0.2, 0.25) is 5.02 Å². The molecule has 0 radical (unpaired) electrons. The monoisotopic (exact) mass is 358 g/mol. The maximum Gasteiger partial charge on any atom is 0.335 e. The van der Waals surface area contributed by atoms with E-state index in [1.54, 1.807) is 32.0 Å². The Bertz CT molecular complexity index is 603. The lowest BCUT2D eigenvalue weighted by Crippen LogP contribution is -2.59. The summed E-state index contributed by atoms with van der Waals surface area (Å²) in [5, 5.41) is 2.45. The number of rotatable bonds is 2. The summed E-state index contributed by atoms with van der Waals surface area (Å²) in [4.78, 5) is 37.0. The second kappa shape index (κ2) is 5.54. The van der Waals surface area contributed by atoms with E-state index in [1.165, 1.54) is 0 Å². The lowest BCUT2D eigenvalue weighted by molar-refractivity contribution is -0.136. The number of halogens is 2. The summed E-state index contributed by atoms with van der Waals surface area (Å²) in [5.41, 5.74) is 0.252. The molecule has 106 valence electrons. The molecular weight excluding hydrogens is 348 g/mol. The van der Waals surface area contributed by atoms with E-state index in [9.17, 15) is 14.4 Å². The molecule has 7 heteroatoms. The summed E-state index contributed by atoms with van der Waals surface area (Å²) < 4.78 is 0.676. The van der Waals surface area contributed by atoms with Gasteiger partial charge in [-0.1, -0.05) is 41.4 Å². The number of urea groups is 1. The van der Waals surface area contributed by atoms with Gasteiger partial charge in [0.2, 0.25) is 11.8 Å². The van der Waals surface area contributed by atoms with E-state index in [0.717, 1.165) is 4.90 Å². The zero-order chi connectivity index (χ0) is 15.0. The predicted molar refractivity (Wildman–Crippen MR) is 78.5 cm³/mol. The van der Waals surface area contributed by atoms with Crippen LogP contribution in [0, 0.1) is 11.8 Å². The van der Waals surface area contributed by atoms with Crippen LogP contribution in [0.3, 0.4) is 0 Å². The molecule has 0 spiro atoms. The van der Waals surface area contributed by atoms with Crippen molar-refractivity contribution >= 4 is 51.1 Å². The third-order valence-electron chi connectivity index (χ3n) is 3.02. The second-order valence-electron chi connectivity index (χ2n) is 4.79. The topological polar surface area (TPSA) is 66.5 Å². The van der Waals surface area contributed by atoms with E-state index in [0.29, 0.717) is 4.47 Å². The number of nitrogens with zero attached hydrogens (tertiary/aromatic N) is 1. The molecule has 1 heterocycles. The molecule has 2 rings (SSSR count). The Morgan fingerprint density at radius 3 is 2.55 bits per heavy atom. The molecule has 0 saturated carbocycles. The Balaban J connectivity index is 2.49. The highest BCUT2D eigenvalue weighted by atomic mass is 79.9. The molecule has 5 nitrogen and oxygen atoms in total. The fourth-order valence-electron chi connectivity index (χ4n) is 2.06. The van der Waals surface area contributed by atoms with E-state index in [1.807, 2.05) is 0 Å². The van der Waals surface area contributed by atoms with E-state index < -0.39 is 23.8 Å². The summed E-state index contributed by atoms with van der Waals surface area (Å²) in [6, 6.07) is 4.05. The Labute approximate surface area is 129 Å². The van der Waals surface area contributed by atoms with Crippen molar-refractivity contribution in [3.63, 3.8) is 0 Å². The zero-order valence-corrected chi connectivity index (χ0v) is 13.2. The van der Waals surface area contributed by atoms with Crippen LogP contribution in [0.5, 0.6) is 0 Å². The first kappa shape index (κ1) is 15.0. The molecule has 1 aliphatic rings. The van der Waals surface area contributed by atoms with Crippen molar-refractivity contribution in [1.82, 2.24) is 5.32 Å². The minimum Gasteiger partial charge on any atom is -0.277 e. The van der Waals surface area contributed by atoms with E-state index in [2.05, 4.69) is 21.2 Å². The molecule has 1 aliphatic heterocycles. The van der Waals surface area contributed by atoms with Crippen LogP contribution in [-0.2, 0) is 9.59 Å². The van der Waals surface area contributed by atoms with Crippen LogP contribution in [0.15, 0.2) is 22.7 Å². The SMILES string of the molecule is CC(C)C1C(=O)NC(=O)N(c2cc(Br)ccc2Cl)C1=O. The number of amides is 4. The van der Waals surface area contributed by atoms with Crippen molar-refractivity contribution in [2.24, 2.45) is 11.8 Å². The van der Waals surface area contributed by atoms with Crippen LogP contribution in [0.25, 0.3) is 0 Å². The normalized spacial score (nSPS) is 19.6. The molecule has 4 amide bonds. The van der Waals surface area contributed by atoms with Crippen molar-refractivity contribution in [3.8, 4) is 0 Å². The Morgan fingerprint density at radius 2 is 1.95 bits per heavy atom. The standard InChI is InChI=1S/C13H12BrClN2O3/c1-6(2)10-11(18)16-13(20)17(12(10)19)9-5-7(14)3-4-8(9)15/h3-6,10H,1-2H3,(H,16,18,20). The molecular formula is C13H12BrClN2O3. The lowest BCUT2D eigenvalue weighted by atomic mass is 9.92. The van der Waals surface area contributed by atoms with E-state index in [4.69, 9.17) is 11.6 Å². The van der Waals surface area contributed by atoms with Gasteiger partial charge in [-0.25, -0.2) is 9.69 Å². The number of carbonyl (C=O) groups is 3. The Hall–Kier alpha value is -1.40. The molecule has 1 aromatic rings. The summed E-state index contributed by atoms with van der Waals surface area (Å²) in [7, 11) is 0. The lowest BCUT2D eigenvalue weighted by Gasteiger charge is -2.32. The molecule has 20 heavy (non-hydrogen) atoms. The van der Waals surface area contributed by atoms with Gasteiger partial charge in [-0.15, -0.1) is 0 Å². The summed E-state index contributed by atoms with van der Waals surface area (Å²) in [6.07, 6.45) is 0. The van der Waals surface area contributed by atoms with Gasteiger partial charge in [-0.05, 0) is 24.1 Å². The number of hydrogen-bond donors (Lipinski definition) is 1. The van der Waals surface area contributed by atoms with Gasteiger partial charge in [0.1, 0.15) is 5.92 Å². The molecule has 1 atom stereocenters. The van der Waals surface area contributed by atoms with Crippen LogP contribution >= 0.6 is 27.5 Å². The van der Waals surface area contributed by atoms with Crippen LogP contribution < -0.4 is 10.2 Å². The van der Waals surface area contributed by atoms with E-state index in [-0.39, 0.29) is 16.6 Å². The summed E-state index contributed by atoms with van der Waals surface area (Å²) in [5.74, 6) is -2.25. The summed E-state index contributed by atoms with van der Waals surface area (Å²) in [6.45, 7) is 3.50. The Kier molecular flexibility index (Phi) is 4.15. The zero-order valence-electron chi connectivity index (χ0n) is 10.8. The number of imide groups is 2. The predicted octanol–water partition coefficient (Wildman–Crippen LogP) is 2.96. The van der Waals surface area contributed by atoms with Gasteiger partial charge in [-0.2, -0.15) is 0 Å². The number of barbiturate groups is 1. The highest BCUT2D eigenvalue weighted by Crippen LogP contribution is 2.32. The third kappa shape index (κ3) is 2.58. The highest BCUT2D eigenvalue weighted by molar-refractivity contribution is 9.10. The Morgan fingerprint density at radius 1 is 1.30 bits per heavy atom. The maximum absolute atomic E-state index is 12.4. The summed E-state index contributed by atoms with van der Waals surface area (Å²) >= 11 is 9.31. The third-order valence-corrected chi connectivity index (χ3v) is 3.83. The van der Waals surface area contributed by atoms with Crippen LogP contribution in [0.1, 0.15) is 13.8 Å². The van der Waals surface area contributed by atoms with Crippen molar-refractivity contribution < 1.29 is 14.4 Å². The first-order chi connectivity index (χ1) is 9.32. The van der Waals surface area contributed by atoms with Gasteiger partial charge >= 0.3 is 6.03 Å².